The fourth-order valence-electron chi connectivity index (χ4n) is 3.19. The van der Waals surface area contributed by atoms with E-state index in [1.807, 2.05) is 35.2 Å². The molecule has 0 radical (unpaired) electrons. The number of anilines is 1. The van der Waals surface area contributed by atoms with Gasteiger partial charge in [0.15, 0.2) is 5.84 Å². The zero-order valence-corrected chi connectivity index (χ0v) is 19.0. The van der Waals surface area contributed by atoms with E-state index < -0.39 is 12.1 Å². The molecule has 0 aromatic carbocycles. The molecule has 0 aliphatic carbocycles. The van der Waals surface area contributed by atoms with Crippen molar-refractivity contribution in [2.75, 3.05) is 19.1 Å². The Morgan fingerprint density at radius 1 is 1.12 bits per heavy atom. The van der Waals surface area contributed by atoms with Crippen molar-refractivity contribution in [3.8, 4) is 18.2 Å². The standard InChI is InChI=1S/C25H24N6O3/c1-5-21(30-25(32)34-4)29-22(6-2)31(20-11-12-23(33-3)28-17-20)24(18-9-7-13-26-15-18)19-10-8-14-27-16-19/h2,5,7-17,24H,1,3-4H3,(H,30,32)/b21-5+,29-22+. The number of amidine groups is 1. The molecule has 1 N–H and O–H groups in total. The number of nitrogens with one attached hydrogen (secondary N) is 1. The maximum Gasteiger partial charge on any atom is 0.412 e. The second-order valence-corrected chi connectivity index (χ2v) is 6.77. The van der Waals surface area contributed by atoms with E-state index in [-0.39, 0.29) is 11.7 Å². The van der Waals surface area contributed by atoms with Gasteiger partial charge in [0.05, 0.1) is 32.1 Å². The van der Waals surface area contributed by atoms with Crippen LogP contribution in [0.5, 0.6) is 5.88 Å². The first-order chi connectivity index (χ1) is 16.6. The van der Waals surface area contributed by atoms with Gasteiger partial charge >= 0.3 is 6.09 Å². The average Bonchev–Trinajstić information content (AvgIpc) is 2.90. The lowest BCUT2D eigenvalue weighted by atomic mass is 9.99. The van der Waals surface area contributed by atoms with Gasteiger partial charge < -0.3 is 14.4 Å². The Labute approximate surface area is 198 Å². The number of nitrogens with zero attached hydrogens (tertiary/aromatic N) is 5. The van der Waals surface area contributed by atoms with Gasteiger partial charge in [0.1, 0.15) is 5.82 Å². The number of carbonyl (C=O) groups excluding carboxylic acids is 1. The Bertz CT molecular complexity index is 1150. The minimum Gasteiger partial charge on any atom is -0.481 e. The van der Waals surface area contributed by atoms with Crippen LogP contribution in [0.25, 0.3) is 0 Å². The number of amides is 1. The minimum absolute atomic E-state index is 0.217. The van der Waals surface area contributed by atoms with Crippen LogP contribution >= 0.6 is 0 Å². The molecule has 0 unspecified atom stereocenters. The van der Waals surface area contributed by atoms with Crippen molar-refractivity contribution in [1.82, 2.24) is 20.3 Å². The molecule has 9 nitrogen and oxygen atoms in total. The average molecular weight is 457 g/mol. The van der Waals surface area contributed by atoms with Crippen molar-refractivity contribution < 1.29 is 14.3 Å². The van der Waals surface area contributed by atoms with Crippen molar-refractivity contribution in [3.05, 3.63) is 90.4 Å². The number of aromatic nitrogens is 3. The van der Waals surface area contributed by atoms with E-state index in [0.29, 0.717) is 11.6 Å². The summed E-state index contributed by atoms with van der Waals surface area (Å²) in [5, 5.41) is 2.55. The van der Waals surface area contributed by atoms with Crippen LogP contribution in [0, 0.1) is 12.3 Å². The van der Waals surface area contributed by atoms with Crippen LogP contribution in [-0.4, -0.2) is 41.1 Å². The van der Waals surface area contributed by atoms with Crippen molar-refractivity contribution in [2.24, 2.45) is 4.99 Å². The summed E-state index contributed by atoms with van der Waals surface area (Å²) < 4.78 is 9.90. The van der Waals surface area contributed by atoms with Crippen molar-refractivity contribution >= 4 is 17.6 Å². The third-order valence-corrected chi connectivity index (χ3v) is 4.74. The van der Waals surface area contributed by atoms with E-state index >= 15 is 0 Å². The van der Waals surface area contributed by atoms with Crippen LogP contribution < -0.4 is 15.0 Å². The Kier molecular flexibility index (Phi) is 8.30. The summed E-state index contributed by atoms with van der Waals surface area (Å²) in [5.41, 5.74) is 2.33. The van der Waals surface area contributed by atoms with Gasteiger partial charge in [-0.25, -0.2) is 14.8 Å². The maximum absolute atomic E-state index is 11.8. The summed E-state index contributed by atoms with van der Waals surface area (Å²) in [6.07, 6.45) is 15.4. The number of hydrogen-bond acceptors (Lipinski definition) is 7. The highest BCUT2D eigenvalue weighted by Gasteiger charge is 2.28. The molecule has 172 valence electrons. The lowest BCUT2D eigenvalue weighted by Gasteiger charge is -2.33. The minimum atomic E-state index is -0.665. The molecule has 0 aliphatic rings. The number of pyridine rings is 3. The van der Waals surface area contributed by atoms with Crippen LogP contribution in [0.3, 0.4) is 0 Å². The summed E-state index contributed by atoms with van der Waals surface area (Å²) >= 11 is 0. The Morgan fingerprint density at radius 2 is 1.79 bits per heavy atom. The zero-order chi connectivity index (χ0) is 24.3. The summed E-state index contributed by atoms with van der Waals surface area (Å²) in [6.45, 7) is 1.72. The molecule has 9 heteroatoms. The molecule has 0 spiro atoms. The van der Waals surface area contributed by atoms with Gasteiger partial charge in [0.25, 0.3) is 0 Å². The van der Waals surface area contributed by atoms with Crippen LogP contribution in [0.2, 0.25) is 0 Å². The number of methoxy groups -OCH3 is 2. The van der Waals surface area contributed by atoms with Crippen LogP contribution in [-0.2, 0) is 4.74 Å². The quantitative estimate of drug-likeness (QED) is 0.328. The first-order valence-electron chi connectivity index (χ1n) is 10.3. The van der Waals surface area contributed by atoms with Crippen LogP contribution in [0.1, 0.15) is 24.1 Å². The Hall–Kier alpha value is -4.71. The first kappa shape index (κ1) is 23.9. The second kappa shape index (κ2) is 11.8. The zero-order valence-electron chi connectivity index (χ0n) is 19.0. The fraction of sp³-hybridized carbons (Fsp3) is 0.160. The van der Waals surface area contributed by atoms with E-state index in [0.717, 1.165) is 11.1 Å². The van der Waals surface area contributed by atoms with Gasteiger partial charge in [-0.2, -0.15) is 0 Å². The maximum atomic E-state index is 11.8. The molecule has 1 amide bonds. The number of ether oxygens (including phenoxy) is 2. The molecule has 34 heavy (non-hydrogen) atoms. The Balaban J connectivity index is 2.23. The molecule has 0 fully saturated rings. The number of hydrogen-bond donors (Lipinski definition) is 1. The lowest BCUT2D eigenvalue weighted by Crippen LogP contribution is -2.36. The molecule has 3 heterocycles. The fourth-order valence-corrected chi connectivity index (χ4v) is 3.19. The molecular formula is C25H24N6O3. The van der Waals surface area contributed by atoms with Crippen molar-refractivity contribution in [2.45, 2.75) is 13.0 Å². The van der Waals surface area contributed by atoms with Gasteiger partial charge in [-0.05, 0) is 48.2 Å². The second-order valence-electron chi connectivity index (χ2n) is 6.77. The lowest BCUT2D eigenvalue weighted by molar-refractivity contribution is 0.174. The molecule has 3 rings (SSSR count). The number of terminal acetylenes is 1. The number of alkyl carbamates (subject to hydrolysis) is 1. The number of aliphatic imine (C=N–C) groups is 1. The number of rotatable bonds is 7. The highest BCUT2D eigenvalue weighted by atomic mass is 16.5. The highest BCUT2D eigenvalue weighted by Crippen LogP contribution is 2.33. The van der Waals surface area contributed by atoms with Crippen LogP contribution in [0.4, 0.5) is 10.5 Å². The predicted molar refractivity (Wildman–Crippen MR) is 129 cm³/mol. The monoisotopic (exact) mass is 456 g/mol. The van der Waals surface area contributed by atoms with Crippen molar-refractivity contribution in [1.29, 1.82) is 0 Å². The van der Waals surface area contributed by atoms with E-state index in [1.54, 1.807) is 57.2 Å². The molecule has 0 saturated heterocycles. The van der Waals surface area contributed by atoms with Gasteiger partial charge in [-0.15, -0.1) is 6.42 Å². The summed E-state index contributed by atoms with van der Waals surface area (Å²) in [7, 11) is 2.81. The van der Waals surface area contributed by atoms with Crippen molar-refractivity contribution in [3.63, 3.8) is 0 Å². The third-order valence-electron chi connectivity index (χ3n) is 4.74. The van der Waals surface area contributed by atoms with Gasteiger partial charge in [-0.3, -0.25) is 15.3 Å². The van der Waals surface area contributed by atoms with E-state index in [9.17, 15) is 4.79 Å². The largest absolute Gasteiger partial charge is 0.481 e. The van der Waals surface area contributed by atoms with Gasteiger partial charge in [0.2, 0.25) is 5.88 Å². The molecule has 3 aromatic rings. The SMILES string of the molecule is C#C/C(=N\C(=C/C)NC(=O)OC)N(c1ccc(OC)nc1)C(c1cccnc1)c1cccnc1. The van der Waals surface area contributed by atoms with Crippen LogP contribution in [0.15, 0.2) is 84.3 Å². The molecule has 0 atom stereocenters. The third kappa shape index (κ3) is 5.75. The summed E-state index contributed by atoms with van der Waals surface area (Å²) in [5.74, 6) is 3.54. The normalized spacial score (nSPS) is 11.5. The molecule has 0 saturated carbocycles. The molecular weight excluding hydrogens is 432 g/mol. The Morgan fingerprint density at radius 3 is 2.24 bits per heavy atom. The van der Waals surface area contributed by atoms with E-state index in [1.165, 1.54) is 7.11 Å². The summed E-state index contributed by atoms with van der Waals surface area (Å²) in [6, 6.07) is 10.6. The first-order valence-corrected chi connectivity index (χ1v) is 10.3. The summed E-state index contributed by atoms with van der Waals surface area (Å²) in [4.78, 5) is 31.1. The molecule has 3 aromatic heterocycles. The highest BCUT2D eigenvalue weighted by molar-refractivity contribution is 6.11. The van der Waals surface area contributed by atoms with E-state index in [2.05, 4.69) is 35.9 Å². The van der Waals surface area contributed by atoms with Gasteiger partial charge in [0, 0.05) is 30.9 Å². The van der Waals surface area contributed by atoms with E-state index in [4.69, 9.17) is 11.2 Å². The molecule has 0 aliphatic heterocycles. The van der Waals surface area contributed by atoms with Gasteiger partial charge in [-0.1, -0.05) is 12.1 Å². The molecule has 0 bridgehead atoms. The predicted octanol–water partition coefficient (Wildman–Crippen LogP) is 3.73. The smallest absolute Gasteiger partial charge is 0.412 e. The number of carbonyl (C=O) groups is 1. The topological polar surface area (TPSA) is 102 Å². The number of allylic oxidation sites excluding steroid dienone is 1.